The summed E-state index contributed by atoms with van der Waals surface area (Å²) in [5, 5.41) is 14.3. The molecule has 0 radical (unpaired) electrons. The minimum absolute atomic E-state index is 0.208. The maximum Gasteiger partial charge on any atom is 0.390 e. The van der Waals surface area contributed by atoms with Crippen molar-refractivity contribution in [2.75, 3.05) is 0 Å². The summed E-state index contributed by atoms with van der Waals surface area (Å²) in [6, 6.07) is 4.87. The van der Waals surface area contributed by atoms with Crippen LogP contribution in [0, 0.1) is 10.1 Å². The standard InChI is InChI=1S/C11H13N5O2/c1-11(2,12)8-3-4-9(13-7-8)15-6-5-10(14-15)16(17)18/h3-7H,12H2,1-2H3. The molecule has 0 aliphatic heterocycles. The number of hydrogen-bond donors (Lipinski definition) is 1. The highest BCUT2D eigenvalue weighted by Gasteiger charge is 2.16. The highest BCUT2D eigenvalue weighted by atomic mass is 16.6. The van der Waals surface area contributed by atoms with E-state index >= 15 is 0 Å². The van der Waals surface area contributed by atoms with Crippen LogP contribution in [0.3, 0.4) is 0 Å². The number of nitrogens with zero attached hydrogens (tertiary/aromatic N) is 4. The fourth-order valence-electron chi connectivity index (χ4n) is 1.44. The predicted molar refractivity (Wildman–Crippen MR) is 65.2 cm³/mol. The number of hydrogen-bond acceptors (Lipinski definition) is 5. The maximum absolute atomic E-state index is 10.5. The average molecular weight is 247 g/mol. The van der Waals surface area contributed by atoms with Gasteiger partial charge in [0.05, 0.1) is 17.4 Å². The second kappa shape index (κ2) is 4.19. The van der Waals surface area contributed by atoms with Gasteiger partial charge in [-0.2, -0.15) is 0 Å². The molecule has 0 saturated heterocycles. The van der Waals surface area contributed by atoms with E-state index in [1.54, 1.807) is 12.3 Å². The van der Waals surface area contributed by atoms with E-state index < -0.39 is 10.5 Å². The minimum atomic E-state index is -0.548. The monoisotopic (exact) mass is 247 g/mol. The molecule has 0 amide bonds. The van der Waals surface area contributed by atoms with Gasteiger partial charge >= 0.3 is 5.82 Å². The molecule has 2 heterocycles. The highest BCUT2D eigenvalue weighted by molar-refractivity contribution is 5.29. The van der Waals surface area contributed by atoms with Gasteiger partial charge in [0, 0.05) is 11.7 Å². The SMILES string of the molecule is CC(C)(N)c1ccc(-n2ccc([N+](=O)[O-])n2)nc1. The lowest BCUT2D eigenvalue weighted by atomic mass is 9.98. The Morgan fingerprint density at radius 1 is 1.39 bits per heavy atom. The van der Waals surface area contributed by atoms with Crippen molar-refractivity contribution in [2.24, 2.45) is 5.73 Å². The molecule has 0 bridgehead atoms. The Bertz CT molecular complexity index is 568. The van der Waals surface area contributed by atoms with Crippen molar-refractivity contribution in [1.82, 2.24) is 14.8 Å². The zero-order valence-electron chi connectivity index (χ0n) is 10.1. The predicted octanol–water partition coefficient (Wildman–Crippen LogP) is 1.37. The van der Waals surface area contributed by atoms with Crippen LogP contribution in [0.5, 0.6) is 0 Å². The molecule has 0 unspecified atom stereocenters. The molecule has 18 heavy (non-hydrogen) atoms. The smallest absolute Gasteiger partial charge is 0.358 e. The van der Waals surface area contributed by atoms with Crippen LogP contribution in [0.2, 0.25) is 0 Å². The number of rotatable bonds is 3. The summed E-state index contributed by atoms with van der Waals surface area (Å²) in [5.74, 6) is 0.302. The van der Waals surface area contributed by atoms with Crippen LogP contribution >= 0.6 is 0 Å². The zero-order valence-corrected chi connectivity index (χ0v) is 10.1. The molecule has 0 saturated carbocycles. The van der Waals surface area contributed by atoms with Crippen molar-refractivity contribution in [3.05, 3.63) is 46.3 Å². The topological polar surface area (TPSA) is 99.9 Å². The van der Waals surface area contributed by atoms with Gasteiger partial charge in [0.15, 0.2) is 5.82 Å². The first kappa shape index (κ1) is 12.2. The van der Waals surface area contributed by atoms with Gasteiger partial charge in [-0.1, -0.05) is 6.07 Å². The molecule has 0 atom stereocenters. The normalized spacial score (nSPS) is 11.5. The van der Waals surface area contributed by atoms with Crippen molar-refractivity contribution < 1.29 is 4.92 Å². The summed E-state index contributed by atoms with van der Waals surface area (Å²) in [5.41, 5.74) is 6.35. The van der Waals surface area contributed by atoms with Gasteiger partial charge in [-0.3, -0.25) is 0 Å². The van der Waals surface area contributed by atoms with Gasteiger partial charge in [-0.05, 0) is 30.4 Å². The summed E-state index contributed by atoms with van der Waals surface area (Å²) in [7, 11) is 0. The van der Waals surface area contributed by atoms with Gasteiger partial charge in [-0.15, -0.1) is 4.68 Å². The molecule has 0 fully saturated rings. The van der Waals surface area contributed by atoms with Gasteiger partial charge in [-0.25, -0.2) is 4.98 Å². The summed E-state index contributed by atoms with van der Waals surface area (Å²) in [6.45, 7) is 3.75. The van der Waals surface area contributed by atoms with Crippen LogP contribution in [-0.4, -0.2) is 19.7 Å². The molecular formula is C11H13N5O2. The Morgan fingerprint density at radius 2 is 2.11 bits per heavy atom. The lowest BCUT2D eigenvalue weighted by Crippen LogP contribution is -2.28. The molecule has 2 N–H and O–H groups in total. The van der Waals surface area contributed by atoms with Crippen LogP contribution < -0.4 is 5.73 Å². The van der Waals surface area contributed by atoms with Crippen molar-refractivity contribution in [1.29, 1.82) is 0 Å². The Kier molecular flexibility index (Phi) is 2.84. The van der Waals surface area contributed by atoms with E-state index in [4.69, 9.17) is 5.73 Å². The maximum atomic E-state index is 10.5. The first-order valence-electron chi connectivity index (χ1n) is 5.34. The fourth-order valence-corrected chi connectivity index (χ4v) is 1.44. The Labute approximate surface area is 103 Å². The van der Waals surface area contributed by atoms with Gasteiger partial charge in [0.1, 0.15) is 0 Å². The van der Waals surface area contributed by atoms with E-state index in [0.29, 0.717) is 5.82 Å². The van der Waals surface area contributed by atoms with Gasteiger partial charge in [0.2, 0.25) is 0 Å². The third-order valence-corrected chi connectivity index (χ3v) is 2.49. The summed E-state index contributed by atoms with van der Waals surface area (Å²) in [6.07, 6.45) is 3.14. The van der Waals surface area contributed by atoms with Gasteiger partial charge in [0.25, 0.3) is 0 Å². The Balaban J connectivity index is 2.31. The number of aromatic nitrogens is 3. The third kappa shape index (κ3) is 2.35. The number of nitro groups is 1. The van der Waals surface area contributed by atoms with Crippen molar-refractivity contribution in [2.45, 2.75) is 19.4 Å². The largest absolute Gasteiger partial charge is 0.390 e. The Hall–Kier alpha value is -2.28. The van der Waals surface area contributed by atoms with Crippen LogP contribution in [0.15, 0.2) is 30.6 Å². The van der Waals surface area contributed by atoms with Crippen LogP contribution in [-0.2, 0) is 5.54 Å². The first-order chi connectivity index (χ1) is 8.38. The molecule has 2 aromatic heterocycles. The lowest BCUT2D eigenvalue weighted by molar-refractivity contribution is -0.389. The molecule has 2 rings (SSSR count). The molecule has 0 aliphatic rings. The van der Waals surface area contributed by atoms with E-state index in [1.165, 1.54) is 16.9 Å². The zero-order chi connectivity index (χ0) is 13.3. The van der Waals surface area contributed by atoms with Crippen molar-refractivity contribution in [3.63, 3.8) is 0 Å². The molecular weight excluding hydrogens is 234 g/mol. The quantitative estimate of drug-likeness (QED) is 0.652. The second-order valence-corrected chi connectivity index (χ2v) is 4.50. The minimum Gasteiger partial charge on any atom is -0.358 e. The first-order valence-corrected chi connectivity index (χ1v) is 5.34. The third-order valence-electron chi connectivity index (χ3n) is 2.49. The Morgan fingerprint density at radius 3 is 2.56 bits per heavy atom. The average Bonchev–Trinajstić information content (AvgIpc) is 2.77. The van der Waals surface area contributed by atoms with Crippen LogP contribution in [0.4, 0.5) is 5.82 Å². The van der Waals surface area contributed by atoms with Crippen LogP contribution in [0.25, 0.3) is 5.82 Å². The molecule has 0 aliphatic carbocycles. The second-order valence-electron chi connectivity index (χ2n) is 4.50. The molecule has 94 valence electrons. The lowest BCUT2D eigenvalue weighted by Gasteiger charge is -2.18. The van der Waals surface area contributed by atoms with E-state index in [0.717, 1.165) is 5.56 Å². The van der Waals surface area contributed by atoms with E-state index in [-0.39, 0.29) is 5.82 Å². The van der Waals surface area contributed by atoms with E-state index in [9.17, 15) is 10.1 Å². The van der Waals surface area contributed by atoms with E-state index in [1.807, 2.05) is 19.9 Å². The van der Waals surface area contributed by atoms with Crippen molar-refractivity contribution in [3.8, 4) is 5.82 Å². The molecule has 7 heteroatoms. The summed E-state index contributed by atoms with van der Waals surface area (Å²) in [4.78, 5) is 14.2. The highest BCUT2D eigenvalue weighted by Crippen LogP contribution is 2.17. The summed E-state index contributed by atoms with van der Waals surface area (Å²) >= 11 is 0. The van der Waals surface area contributed by atoms with Crippen LogP contribution in [0.1, 0.15) is 19.4 Å². The molecule has 0 spiro atoms. The molecule has 7 nitrogen and oxygen atoms in total. The van der Waals surface area contributed by atoms with Gasteiger partial charge < -0.3 is 15.8 Å². The summed E-state index contributed by atoms with van der Waals surface area (Å²) < 4.78 is 1.35. The number of pyridine rings is 1. The number of nitrogens with two attached hydrogens (primary N) is 1. The molecule has 0 aromatic carbocycles. The van der Waals surface area contributed by atoms with Crippen molar-refractivity contribution >= 4 is 5.82 Å². The fraction of sp³-hybridized carbons (Fsp3) is 0.273. The molecule has 2 aromatic rings. The van der Waals surface area contributed by atoms with E-state index in [2.05, 4.69) is 10.1 Å².